The third-order valence-electron chi connectivity index (χ3n) is 3.95. The van der Waals surface area contributed by atoms with E-state index in [2.05, 4.69) is 4.90 Å². The summed E-state index contributed by atoms with van der Waals surface area (Å²) in [7, 11) is 0. The molecular weight excluding hydrogens is 272 g/mol. The molecule has 1 aliphatic rings. The van der Waals surface area contributed by atoms with Gasteiger partial charge in [0, 0.05) is 30.1 Å². The molecule has 1 atom stereocenters. The summed E-state index contributed by atoms with van der Waals surface area (Å²) in [5.74, 6) is 0.0922. The minimum absolute atomic E-state index is 0.0922. The zero-order valence-corrected chi connectivity index (χ0v) is 12.9. The molecule has 5 heteroatoms. The number of ketones is 1. The third kappa shape index (κ3) is 3.06. The predicted molar refractivity (Wildman–Crippen MR) is 82.4 cm³/mol. The number of carbonyl (C=O) groups is 1. The Kier molecular flexibility index (Phi) is 5.21. The highest BCUT2D eigenvalue weighted by atomic mass is 32.2. The molecule has 1 heterocycles. The zero-order chi connectivity index (χ0) is 14.6. The lowest BCUT2D eigenvalue weighted by atomic mass is 9.89. The molecule has 1 saturated heterocycles. The van der Waals surface area contributed by atoms with Crippen LogP contribution in [0.1, 0.15) is 17.3 Å². The summed E-state index contributed by atoms with van der Waals surface area (Å²) in [6.07, 6.45) is 2.02. The lowest BCUT2D eigenvalue weighted by Gasteiger charge is -2.41. The van der Waals surface area contributed by atoms with Gasteiger partial charge in [-0.25, -0.2) is 0 Å². The fourth-order valence-corrected chi connectivity index (χ4v) is 2.88. The molecule has 1 aliphatic heterocycles. The van der Waals surface area contributed by atoms with Gasteiger partial charge in [-0.3, -0.25) is 9.69 Å². The lowest BCUT2D eigenvalue weighted by molar-refractivity contribution is -0.00695. The molecule has 1 aromatic carbocycles. The second-order valence-electron chi connectivity index (χ2n) is 5.14. The number of ether oxygens (including phenoxy) is 1. The molecule has 4 nitrogen and oxygen atoms in total. The van der Waals surface area contributed by atoms with E-state index in [1.807, 2.05) is 37.4 Å². The molecule has 0 saturated carbocycles. The minimum atomic E-state index is -0.648. The van der Waals surface area contributed by atoms with Crippen LogP contribution in [0.4, 0.5) is 0 Å². The number of morpholine rings is 1. The molecule has 0 amide bonds. The Labute approximate surface area is 124 Å². The van der Waals surface area contributed by atoms with Crippen molar-refractivity contribution in [1.82, 2.24) is 4.90 Å². The molecular formula is C15H22N2O2S. The Bertz CT molecular complexity index is 457. The molecule has 110 valence electrons. The number of Topliss-reactive ketones (excluding diaryl/α,β-unsaturated/α-hetero) is 1. The Morgan fingerprint density at radius 3 is 2.45 bits per heavy atom. The quantitative estimate of drug-likeness (QED) is 0.661. The van der Waals surface area contributed by atoms with Gasteiger partial charge in [0.25, 0.3) is 0 Å². The Hall–Kier alpha value is -0.880. The van der Waals surface area contributed by atoms with Crippen molar-refractivity contribution in [2.45, 2.75) is 17.4 Å². The standard InChI is InChI=1S/C15H22N2O2S/c1-15(11-16,17-7-9-19-10-8-17)14(18)12-3-5-13(20-2)6-4-12/h3-6H,7-11,16H2,1-2H3. The van der Waals surface area contributed by atoms with Crippen molar-refractivity contribution in [2.24, 2.45) is 5.73 Å². The molecule has 0 aromatic heterocycles. The van der Waals surface area contributed by atoms with Crippen LogP contribution in [0.5, 0.6) is 0 Å². The second-order valence-corrected chi connectivity index (χ2v) is 6.01. The van der Waals surface area contributed by atoms with Crippen LogP contribution in [0.3, 0.4) is 0 Å². The highest BCUT2D eigenvalue weighted by Gasteiger charge is 2.39. The molecule has 2 N–H and O–H groups in total. The number of rotatable bonds is 5. The predicted octanol–water partition coefficient (Wildman–Crippen LogP) is 1.64. The van der Waals surface area contributed by atoms with E-state index in [4.69, 9.17) is 10.5 Å². The molecule has 0 aliphatic carbocycles. The fraction of sp³-hybridized carbons (Fsp3) is 0.533. The summed E-state index contributed by atoms with van der Waals surface area (Å²) >= 11 is 1.67. The number of nitrogens with two attached hydrogens (primary N) is 1. The van der Waals surface area contributed by atoms with Gasteiger partial charge in [-0.1, -0.05) is 12.1 Å². The van der Waals surface area contributed by atoms with Crippen LogP contribution < -0.4 is 5.73 Å². The van der Waals surface area contributed by atoms with Gasteiger partial charge in [-0.2, -0.15) is 0 Å². The highest BCUT2D eigenvalue weighted by Crippen LogP contribution is 2.23. The smallest absolute Gasteiger partial charge is 0.184 e. The van der Waals surface area contributed by atoms with Gasteiger partial charge >= 0.3 is 0 Å². The minimum Gasteiger partial charge on any atom is -0.379 e. The van der Waals surface area contributed by atoms with E-state index in [-0.39, 0.29) is 5.78 Å². The maximum absolute atomic E-state index is 12.8. The molecule has 1 aromatic rings. The first kappa shape index (κ1) is 15.5. The van der Waals surface area contributed by atoms with E-state index in [0.29, 0.717) is 19.8 Å². The number of hydrogen-bond acceptors (Lipinski definition) is 5. The monoisotopic (exact) mass is 294 g/mol. The molecule has 0 spiro atoms. The fourth-order valence-electron chi connectivity index (χ4n) is 2.48. The van der Waals surface area contributed by atoms with E-state index in [1.54, 1.807) is 11.8 Å². The Balaban J connectivity index is 2.22. The normalized spacial score (nSPS) is 19.6. The molecule has 0 radical (unpaired) electrons. The van der Waals surface area contributed by atoms with Gasteiger partial charge in [0.05, 0.1) is 18.8 Å². The van der Waals surface area contributed by atoms with Crippen molar-refractivity contribution in [2.75, 3.05) is 39.1 Å². The lowest BCUT2D eigenvalue weighted by Crippen LogP contribution is -2.60. The molecule has 20 heavy (non-hydrogen) atoms. The molecule has 2 rings (SSSR count). The number of benzene rings is 1. The number of thioether (sulfide) groups is 1. The first-order valence-corrected chi connectivity index (χ1v) is 8.06. The average Bonchev–Trinajstić information content (AvgIpc) is 2.54. The molecule has 1 fully saturated rings. The topological polar surface area (TPSA) is 55.6 Å². The summed E-state index contributed by atoms with van der Waals surface area (Å²) in [6.45, 7) is 5.08. The number of nitrogens with zero attached hydrogens (tertiary/aromatic N) is 1. The number of hydrogen-bond donors (Lipinski definition) is 1. The Morgan fingerprint density at radius 2 is 1.95 bits per heavy atom. The molecule has 1 unspecified atom stereocenters. The van der Waals surface area contributed by atoms with Crippen LogP contribution in [-0.4, -0.2) is 55.3 Å². The second kappa shape index (κ2) is 6.72. The van der Waals surface area contributed by atoms with Gasteiger partial charge in [-0.05, 0) is 25.3 Å². The van der Waals surface area contributed by atoms with Gasteiger partial charge in [0.15, 0.2) is 5.78 Å². The summed E-state index contributed by atoms with van der Waals surface area (Å²) in [6, 6.07) is 7.74. The summed E-state index contributed by atoms with van der Waals surface area (Å²) in [4.78, 5) is 16.1. The van der Waals surface area contributed by atoms with Crippen molar-refractivity contribution < 1.29 is 9.53 Å². The summed E-state index contributed by atoms with van der Waals surface area (Å²) in [5, 5.41) is 0. The van der Waals surface area contributed by atoms with Crippen LogP contribution in [-0.2, 0) is 4.74 Å². The Morgan fingerprint density at radius 1 is 1.35 bits per heavy atom. The van der Waals surface area contributed by atoms with E-state index < -0.39 is 5.54 Å². The van der Waals surface area contributed by atoms with Crippen LogP contribution in [0.2, 0.25) is 0 Å². The van der Waals surface area contributed by atoms with Crippen molar-refractivity contribution in [3.63, 3.8) is 0 Å². The largest absolute Gasteiger partial charge is 0.379 e. The zero-order valence-electron chi connectivity index (χ0n) is 12.1. The third-order valence-corrected chi connectivity index (χ3v) is 4.69. The summed E-state index contributed by atoms with van der Waals surface area (Å²) in [5.41, 5.74) is 6.00. The van der Waals surface area contributed by atoms with Crippen LogP contribution in [0.25, 0.3) is 0 Å². The summed E-state index contributed by atoms with van der Waals surface area (Å²) < 4.78 is 5.36. The van der Waals surface area contributed by atoms with E-state index in [1.165, 1.54) is 0 Å². The van der Waals surface area contributed by atoms with Crippen molar-refractivity contribution >= 4 is 17.5 Å². The highest BCUT2D eigenvalue weighted by molar-refractivity contribution is 7.98. The van der Waals surface area contributed by atoms with E-state index in [0.717, 1.165) is 23.5 Å². The van der Waals surface area contributed by atoms with Gasteiger partial charge in [-0.15, -0.1) is 11.8 Å². The van der Waals surface area contributed by atoms with E-state index >= 15 is 0 Å². The van der Waals surface area contributed by atoms with Crippen LogP contribution in [0.15, 0.2) is 29.2 Å². The SMILES string of the molecule is CSc1ccc(C(=O)C(C)(CN)N2CCOCC2)cc1. The van der Waals surface area contributed by atoms with Gasteiger partial charge in [0.1, 0.15) is 0 Å². The van der Waals surface area contributed by atoms with Crippen molar-refractivity contribution in [3.05, 3.63) is 29.8 Å². The van der Waals surface area contributed by atoms with Gasteiger partial charge in [0.2, 0.25) is 0 Å². The first-order chi connectivity index (χ1) is 9.61. The maximum atomic E-state index is 12.8. The number of carbonyl (C=O) groups excluding carboxylic acids is 1. The van der Waals surface area contributed by atoms with Crippen molar-refractivity contribution in [3.8, 4) is 0 Å². The van der Waals surface area contributed by atoms with Gasteiger partial charge < -0.3 is 10.5 Å². The first-order valence-electron chi connectivity index (χ1n) is 6.83. The van der Waals surface area contributed by atoms with Crippen LogP contribution in [0, 0.1) is 0 Å². The van der Waals surface area contributed by atoms with E-state index in [9.17, 15) is 4.79 Å². The van der Waals surface area contributed by atoms with Crippen molar-refractivity contribution in [1.29, 1.82) is 0 Å². The average molecular weight is 294 g/mol. The van der Waals surface area contributed by atoms with Crippen LogP contribution >= 0.6 is 11.8 Å². The maximum Gasteiger partial charge on any atom is 0.184 e. The molecule has 0 bridgehead atoms.